The van der Waals surface area contributed by atoms with E-state index in [1.807, 2.05) is 0 Å². The van der Waals surface area contributed by atoms with E-state index in [1.54, 1.807) is 0 Å². The van der Waals surface area contributed by atoms with E-state index in [4.69, 9.17) is 4.98 Å². The second-order valence-electron chi connectivity index (χ2n) is 6.52. The normalized spacial score (nSPS) is 20.7. The summed E-state index contributed by atoms with van der Waals surface area (Å²) in [5.74, 6) is 2.08. The maximum absolute atomic E-state index is 4.99. The second-order valence-corrected chi connectivity index (χ2v) is 6.52. The van der Waals surface area contributed by atoms with Crippen LogP contribution in [0.3, 0.4) is 0 Å². The Kier molecular flexibility index (Phi) is 2.84. The molecule has 3 heteroatoms. The van der Waals surface area contributed by atoms with Crippen molar-refractivity contribution in [1.29, 1.82) is 0 Å². The first-order chi connectivity index (χ1) is 9.74. The quantitative estimate of drug-likeness (QED) is 0.905. The Morgan fingerprint density at radius 3 is 2.45 bits per heavy atom. The minimum absolute atomic E-state index is 0.638. The van der Waals surface area contributed by atoms with Crippen molar-refractivity contribution in [2.24, 2.45) is 0 Å². The van der Waals surface area contributed by atoms with Crippen molar-refractivity contribution in [2.75, 3.05) is 13.1 Å². The number of rotatable bonds is 2. The molecule has 2 fully saturated rings. The van der Waals surface area contributed by atoms with Gasteiger partial charge in [0, 0.05) is 12.0 Å². The number of aryl methyl sites for hydroxylation is 2. The van der Waals surface area contributed by atoms with Gasteiger partial charge in [0.2, 0.25) is 0 Å². The summed E-state index contributed by atoms with van der Waals surface area (Å²) < 4.78 is 2.58. The minimum atomic E-state index is 0.638. The van der Waals surface area contributed by atoms with Crippen LogP contribution in [0.1, 0.15) is 54.6 Å². The Bertz CT molecular complexity index is 646. The zero-order valence-electron chi connectivity index (χ0n) is 12.4. The molecule has 2 aliphatic rings. The third-order valence-corrected chi connectivity index (χ3v) is 4.95. The summed E-state index contributed by atoms with van der Waals surface area (Å²) in [6.45, 7) is 6.68. The lowest BCUT2D eigenvalue weighted by atomic mass is 10.0. The van der Waals surface area contributed by atoms with Gasteiger partial charge in [0.1, 0.15) is 5.82 Å². The molecule has 3 nitrogen and oxygen atoms in total. The van der Waals surface area contributed by atoms with Gasteiger partial charge in [-0.2, -0.15) is 0 Å². The molecule has 2 aromatic rings. The van der Waals surface area contributed by atoms with Crippen molar-refractivity contribution in [3.8, 4) is 0 Å². The Morgan fingerprint density at radius 2 is 1.75 bits per heavy atom. The van der Waals surface area contributed by atoms with Gasteiger partial charge in [0.05, 0.1) is 11.0 Å². The molecule has 1 aliphatic carbocycles. The molecule has 20 heavy (non-hydrogen) atoms. The molecule has 0 radical (unpaired) electrons. The molecule has 1 saturated carbocycles. The highest BCUT2D eigenvalue weighted by atomic mass is 15.1. The number of nitrogens with one attached hydrogen (secondary N) is 1. The van der Waals surface area contributed by atoms with Crippen LogP contribution in [0.25, 0.3) is 11.0 Å². The molecule has 1 saturated heterocycles. The molecule has 0 spiro atoms. The van der Waals surface area contributed by atoms with Crippen LogP contribution in [0.5, 0.6) is 0 Å². The Labute approximate surface area is 120 Å². The molecule has 2 heterocycles. The fourth-order valence-corrected chi connectivity index (χ4v) is 3.45. The highest BCUT2D eigenvalue weighted by molar-refractivity contribution is 5.78. The van der Waals surface area contributed by atoms with E-state index >= 15 is 0 Å². The van der Waals surface area contributed by atoms with Crippen LogP contribution in [-0.4, -0.2) is 22.6 Å². The van der Waals surface area contributed by atoms with Crippen LogP contribution in [0.15, 0.2) is 12.1 Å². The lowest BCUT2D eigenvalue weighted by molar-refractivity contribution is 0.367. The number of imidazole rings is 1. The molecule has 1 aliphatic heterocycles. The molecule has 4 rings (SSSR count). The number of nitrogens with zero attached hydrogens (tertiary/aromatic N) is 2. The maximum Gasteiger partial charge on any atom is 0.113 e. The highest BCUT2D eigenvalue weighted by Crippen LogP contribution is 2.43. The summed E-state index contributed by atoms with van der Waals surface area (Å²) in [5, 5.41) is 3.48. The first kappa shape index (κ1) is 12.4. The SMILES string of the molecule is Cc1cc2nc(C3CC3)n(C3CCNCC3)c2cc1C. The number of hydrogen-bond donors (Lipinski definition) is 1. The lowest BCUT2D eigenvalue weighted by Crippen LogP contribution is -2.30. The monoisotopic (exact) mass is 269 g/mol. The van der Waals surface area contributed by atoms with Crippen molar-refractivity contribution >= 4 is 11.0 Å². The van der Waals surface area contributed by atoms with Crippen molar-refractivity contribution < 1.29 is 0 Å². The van der Waals surface area contributed by atoms with Gasteiger partial charge >= 0.3 is 0 Å². The van der Waals surface area contributed by atoms with E-state index in [0.29, 0.717) is 6.04 Å². The first-order valence-corrected chi connectivity index (χ1v) is 7.94. The maximum atomic E-state index is 4.99. The van der Waals surface area contributed by atoms with E-state index in [9.17, 15) is 0 Å². The van der Waals surface area contributed by atoms with Crippen LogP contribution in [0, 0.1) is 13.8 Å². The van der Waals surface area contributed by atoms with E-state index < -0.39 is 0 Å². The summed E-state index contributed by atoms with van der Waals surface area (Å²) >= 11 is 0. The third-order valence-electron chi connectivity index (χ3n) is 4.95. The molecule has 1 N–H and O–H groups in total. The van der Waals surface area contributed by atoms with E-state index in [0.717, 1.165) is 19.0 Å². The molecule has 0 amide bonds. The van der Waals surface area contributed by atoms with Crippen molar-refractivity contribution in [2.45, 2.75) is 51.5 Å². The van der Waals surface area contributed by atoms with Gasteiger partial charge in [0.15, 0.2) is 0 Å². The number of hydrogen-bond acceptors (Lipinski definition) is 2. The summed E-state index contributed by atoms with van der Waals surface area (Å²) in [6.07, 6.45) is 5.12. The number of benzene rings is 1. The van der Waals surface area contributed by atoms with Crippen molar-refractivity contribution in [1.82, 2.24) is 14.9 Å². The fraction of sp³-hybridized carbons (Fsp3) is 0.588. The summed E-state index contributed by atoms with van der Waals surface area (Å²) in [4.78, 5) is 4.99. The van der Waals surface area contributed by atoms with E-state index in [1.165, 1.54) is 53.7 Å². The molecule has 0 bridgehead atoms. The van der Waals surface area contributed by atoms with Crippen LogP contribution in [0.4, 0.5) is 0 Å². The van der Waals surface area contributed by atoms with Crippen LogP contribution >= 0.6 is 0 Å². The smallest absolute Gasteiger partial charge is 0.113 e. The largest absolute Gasteiger partial charge is 0.325 e. The zero-order chi connectivity index (χ0) is 13.7. The van der Waals surface area contributed by atoms with Gasteiger partial charge in [-0.15, -0.1) is 0 Å². The number of piperidine rings is 1. The van der Waals surface area contributed by atoms with Crippen LogP contribution in [-0.2, 0) is 0 Å². The van der Waals surface area contributed by atoms with Gasteiger partial charge in [0.25, 0.3) is 0 Å². The van der Waals surface area contributed by atoms with Gasteiger partial charge < -0.3 is 9.88 Å². The molecule has 1 aromatic carbocycles. The summed E-state index contributed by atoms with van der Waals surface area (Å²) in [5.41, 5.74) is 5.31. The third kappa shape index (κ3) is 1.96. The van der Waals surface area contributed by atoms with Gasteiger partial charge in [-0.05, 0) is 75.9 Å². The van der Waals surface area contributed by atoms with Crippen molar-refractivity contribution in [3.63, 3.8) is 0 Å². The van der Waals surface area contributed by atoms with Gasteiger partial charge in [-0.3, -0.25) is 0 Å². The fourth-order valence-electron chi connectivity index (χ4n) is 3.45. The molecule has 106 valence electrons. The topological polar surface area (TPSA) is 29.9 Å². The Morgan fingerprint density at radius 1 is 1.05 bits per heavy atom. The average Bonchev–Trinajstić information content (AvgIpc) is 3.24. The minimum Gasteiger partial charge on any atom is -0.325 e. The zero-order valence-corrected chi connectivity index (χ0v) is 12.4. The van der Waals surface area contributed by atoms with Crippen LogP contribution in [0.2, 0.25) is 0 Å². The molecule has 0 unspecified atom stereocenters. The standard InChI is InChI=1S/C17H23N3/c1-11-9-15-16(10-12(11)2)20(14-5-7-18-8-6-14)17(19-15)13-3-4-13/h9-10,13-14,18H,3-8H2,1-2H3. The predicted molar refractivity (Wildman–Crippen MR) is 82.3 cm³/mol. The molecular weight excluding hydrogens is 246 g/mol. The van der Waals surface area contributed by atoms with Gasteiger partial charge in [-0.1, -0.05) is 0 Å². The van der Waals surface area contributed by atoms with Crippen LogP contribution < -0.4 is 5.32 Å². The predicted octanol–water partition coefficient (Wildman–Crippen LogP) is 3.46. The highest BCUT2D eigenvalue weighted by Gasteiger charge is 2.32. The molecule has 0 atom stereocenters. The second kappa shape index (κ2) is 4.59. The molecular formula is C17H23N3. The van der Waals surface area contributed by atoms with Gasteiger partial charge in [-0.25, -0.2) is 4.98 Å². The number of aromatic nitrogens is 2. The Balaban J connectivity index is 1.90. The molecule has 1 aromatic heterocycles. The summed E-state index contributed by atoms with van der Waals surface area (Å²) in [7, 11) is 0. The van der Waals surface area contributed by atoms with Crippen molar-refractivity contribution in [3.05, 3.63) is 29.1 Å². The van der Waals surface area contributed by atoms with E-state index in [2.05, 4.69) is 35.9 Å². The lowest BCUT2D eigenvalue weighted by Gasteiger charge is -2.26. The average molecular weight is 269 g/mol. The Hall–Kier alpha value is -1.35. The summed E-state index contributed by atoms with van der Waals surface area (Å²) in [6, 6.07) is 5.26. The van der Waals surface area contributed by atoms with E-state index in [-0.39, 0.29) is 0 Å². The first-order valence-electron chi connectivity index (χ1n) is 7.94. The number of fused-ring (bicyclic) bond motifs is 1.